The molecule has 0 aliphatic carbocycles. The van der Waals surface area contributed by atoms with Crippen molar-refractivity contribution in [3.05, 3.63) is 0 Å². The zero-order valence-corrected chi connectivity index (χ0v) is 8.51. The van der Waals surface area contributed by atoms with Gasteiger partial charge in [0.2, 0.25) is 0 Å². The summed E-state index contributed by atoms with van der Waals surface area (Å²) in [6.07, 6.45) is 0.458. The van der Waals surface area contributed by atoms with E-state index in [1.54, 1.807) is 0 Å². The molecule has 66 valence electrons. The van der Waals surface area contributed by atoms with E-state index in [-0.39, 0.29) is 11.2 Å². The van der Waals surface area contributed by atoms with Crippen LogP contribution in [0.2, 0.25) is 12.6 Å². The standard InChI is InChI=1S/C6H12F2OSSi/c1-6(9)10-4-3-5-11(2,7)8/h3-5H2,1-2H3. The fraction of sp³-hybridized carbons (Fsp3) is 0.833. The summed E-state index contributed by atoms with van der Waals surface area (Å²) in [7, 11) is -3.85. The summed E-state index contributed by atoms with van der Waals surface area (Å²) in [6.45, 7) is 2.48. The van der Waals surface area contributed by atoms with E-state index in [4.69, 9.17) is 0 Å². The summed E-state index contributed by atoms with van der Waals surface area (Å²) < 4.78 is 24.6. The molecule has 0 saturated carbocycles. The van der Waals surface area contributed by atoms with Crippen molar-refractivity contribution in [2.45, 2.75) is 25.9 Å². The second kappa shape index (κ2) is 4.87. The number of hydrogen-bond donors (Lipinski definition) is 0. The van der Waals surface area contributed by atoms with Crippen LogP contribution in [0.15, 0.2) is 0 Å². The van der Waals surface area contributed by atoms with Gasteiger partial charge >= 0.3 is 8.74 Å². The first-order valence-electron chi connectivity index (χ1n) is 3.43. The van der Waals surface area contributed by atoms with Gasteiger partial charge in [-0.1, -0.05) is 11.8 Å². The molecule has 0 amide bonds. The molecule has 0 unspecified atom stereocenters. The van der Waals surface area contributed by atoms with Crippen LogP contribution >= 0.6 is 11.8 Å². The molecule has 0 rings (SSSR count). The van der Waals surface area contributed by atoms with Gasteiger partial charge in [-0.05, 0) is 19.0 Å². The van der Waals surface area contributed by atoms with Crippen molar-refractivity contribution in [2.24, 2.45) is 0 Å². The molecule has 1 nitrogen and oxygen atoms in total. The van der Waals surface area contributed by atoms with Gasteiger partial charge in [-0.15, -0.1) is 0 Å². The predicted molar refractivity (Wildman–Crippen MR) is 46.4 cm³/mol. The molecule has 0 radical (unpaired) electrons. The molecule has 0 aromatic rings. The highest BCUT2D eigenvalue weighted by Gasteiger charge is 2.26. The third kappa shape index (κ3) is 10.1. The van der Waals surface area contributed by atoms with Crippen LogP contribution < -0.4 is 0 Å². The zero-order valence-electron chi connectivity index (χ0n) is 6.69. The third-order valence-corrected chi connectivity index (χ3v) is 3.20. The maximum absolute atomic E-state index is 12.3. The van der Waals surface area contributed by atoms with Crippen molar-refractivity contribution in [3.63, 3.8) is 0 Å². The highest BCUT2D eigenvalue weighted by atomic mass is 32.2. The minimum Gasteiger partial charge on any atom is -0.288 e. The second-order valence-electron chi connectivity index (χ2n) is 2.51. The van der Waals surface area contributed by atoms with Gasteiger partial charge in [0.15, 0.2) is 5.12 Å². The van der Waals surface area contributed by atoms with E-state index in [2.05, 4.69) is 0 Å². The molecule has 0 N–H and O–H groups in total. The monoisotopic (exact) mass is 198 g/mol. The lowest BCUT2D eigenvalue weighted by molar-refractivity contribution is -0.109. The molecular formula is C6H12F2OSSi. The molecule has 0 aliphatic heterocycles. The Balaban J connectivity index is 3.22. The lowest BCUT2D eigenvalue weighted by Crippen LogP contribution is -2.15. The Morgan fingerprint density at radius 3 is 2.45 bits per heavy atom. The number of rotatable bonds is 4. The van der Waals surface area contributed by atoms with Crippen LogP contribution in [0.25, 0.3) is 0 Å². The number of thioether (sulfide) groups is 1. The largest absolute Gasteiger partial charge is 0.422 e. The average molecular weight is 198 g/mol. The molecule has 0 heterocycles. The Kier molecular flexibility index (Phi) is 4.91. The Morgan fingerprint density at radius 2 is 2.09 bits per heavy atom. The maximum atomic E-state index is 12.3. The van der Waals surface area contributed by atoms with Crippen molar-refractivity contribution in [2.75, 3.05) is 5.75 Å². The summed E-state index contributed by atoms with van der Waals surface area (Å²) in [5.41, 5.74) is 0. The van der Waals surface area contributed by atoms with Crippen LogP contribution in [0.1, 0.15) is 13.3 Å². The molecule has 0 atom stereocenters. The Bertz CT molecular complexity index is 135. The molecular weight excluding hydrogens is 186 g/mol. The fourth-order valence-corrected chi connectivity index (χ4v) is 2.23. The van der Waals surface area contributed by atoms with E-state index in [0.29, 0.717) is 12.2 Å². The number of hydrogen-bond acceptors (Lipinski definition) is 2. The lowest BCUT2D eigenvalue weighted by Gasteiger charge is -2.04. The average Bonchev–Trinajstić information content (AvgIpc) is 1.78. The molecule has 0 spiro atoms. The Morgan fingerprint density at radius 1 is 1.55 bits per heavy atom. The van der Waals surface area contributed by atoms with Crippen LogP contribution in [0.5, 0.6) is 0 Å². The first kappa shape index (κ1) is 11.1. The SMILES string of the molecule is CC(=O)SCCC[Si](C)(F)F. The van der Waals surface area contributed by atoms with E-state index in [9.17, 15) is 13.0 Å². The van der Waals surface area contributed by atoms with Crippen LogP contribution in [-0.4, -0.2) is 19.6 Å². The minimum atomic E-state index is -3.85. The van der Waals surface area contributed by atoms with Gasteiger partial charge < -0.3 is 0 Å². The van der Waals surface area contributed by atoms with Gasteiger partial charge in [0.25, 0.3) is 0 Å². The van der Waals surface area contributed by atoms with E-state index in [1.165, 1.54) is 6.92 Å². The van der Waals surface area contributed by atoms with Gasteiger partial charge in [0.05, 0.1) is 0 Å². The summed E-state index contributed by atoms with van der Waals surface area (Å²) >= 11 is 1.12. The van der Waals surface area contributed by atoms with Crippen molar-refractivity contribution in [1.29, 1.82) is 0 Å². The molecule has 0 fully saturated rings. The Hall–Kier alpha value is 0.0969. The van der Waals surface area contributed by atoms with Gasteiger partial charge in [-0.25, -0.2) is 0 Å². The van der Waals surface area contributed by atoms with E-state index < -0.39 is 8.74 Å². The summed E-state index contributed by atoms with van der Waals surface area (Å²) in [5, 5.41) is 0.00564. The van der Waals surface area contributed by atoms with E-state index in [0.717, 1.165) is 18.3 Å². The van der Waals surface area contributed by atoms with Crippen molar-refractivity contribution in [3.8, 4) is 0 Å². The summed E-state index contributed by atoms with van der Waals surface area (Å²) in [6, 6.07) is 0.00722. The molecule has 0 aromatic heterocycles. The lowest BCUT2D eigenvalue weighted by atomic mass is 10.6. The maximum Gasteiger partial charge on any atom is 0.422 e. The van der Waals surface area contributed by atoms with E-state index in [1.807, 2.05) is 0 Å². The molecule has 0 aliphatic rings. The topological polar surface area (TPSA) is 17.1 Å². The van der Waals surface area contributed by atoms with Crippen LogP contribution in [0.3, 0.4) is 0 Å². The first-order chi connectivity index (χ1) is 4.92. The van der Waals surface area contributed by atoms with Crippen LogP contribution in [0, 0.1) is 0 Å². The van der Waals surface area contributed by atoms with Gasteiger partial charge in [-0.3, -0.25) is 13.0 Å². The van der Waals surface area contributed by atoms with Crippen LogP contribution in [-0.2, 0) is 4.79 Å². The Labute approximate surface area is 70.9 Å². The number of carbonyl (C=O) groups is 1. The third-order valence-electron chi connectivity index (χ3n) is 1.07. The normalized spacial score (nSPS) is 11.6. The van der Waals surface area contributed by atoms with Gasteiger partial charge in [-0.2, -0.15) is 0 Å². The minimum absolute atomic E-state index is 0.00564. The molecule has 0 aromatic carbocycles. The quantitative estimate of drug-likeness (QED) is 0.392. The van der Waals surface area contributed by atoms with Gasteiger partial charge in [0.1, 0.15) is 0 Å². The second-order valence-corrected chi connectivity index (χ2v) is 6.43. The molecule has 0 bridgehead atoms. The first-order valence-corrected chi connectivity index (χ1v) is 6.88. The van der Waals surface area contributed by atoms with Crippen molar-refractivity contribution in [1.82, 2.24) is 0 Å². The van der Waals surface area contributed by atoms with Crippen LogP contribution in [0.4, 0.5) is 8.22 Å². The van der Waals surface area contributed by atoms with Crippen molar-refractivity contribution >= 4 is 25.6 Å². The highest BCUT2D eigenvalue weighted by Crippen LogP contribution is 2.17. The summed E-state index contributed by atoms with van der Waals surface area (Å²) in [4.78, 5) is 10.4. The number of halogens is 2. The molecule has 0 saturated heterocycles. The molecule has 5 heteroatoms. The van der Waals surface area contributed by atoms with E-state index >= 15 is 0 Å². The zero-order chi connectivity index (χ0) is 8.91. The highest BCUT2D eigenvalue weighted by molar-refractivity contribution is 8.13. The predicted octanol–water partition coefficient (Wildman–Crippen LogP) is 2.67. The van der Waals surface area contributed by atoms with Crippen molar-refractivity contribution < 1.29 is 13.0 Å². The smallest absolute Gasteiger partial charge is 0.288 e. The molecule has 11 heavy (non-hydrogen) atoms. The number of carbonyl (C=O) groups excluding carboxylic acids is 1. The fourth-order valence-electron chi connectivity index (χ4n) is 0.598. The van der Waals surface area contributed by atoms with Gasteiger partial charge in [0, 0.05) is 12.7 Å². The summed E-state index contributed by atoms with van der Waals surface area (Å²) in [5.74, 6) is 0.533.